The van der Waals surface area contributed by atoms with E-state index in [2.05, 4.69) is 65.5 Å². The van der Waals surface area contributed by atoms with E-state index in [9.17, 15) is 9.59 Å². The number of aliphatic hydroxyl groups excluding tert-OH is 1. The van der Waals surface area contributed by atoms with Crippen molar-refractivity contribution in [1.29, 1.82) is 0 Å². The van der Waals surface area contributed by atoms with Gasteiger partial charge in [-0.25, -0.2) is 9.97 Å². The van der Waals surface area contributed by atoms with Crippen LogP contribution >= 0.6 is 11.6 Å². The van der Waals surface area contributed by atoms with Gasteiger partial charge >= 0.3 is 11.9 Å². The van der Waals surface area contributed by atoms with E-state index >= 15 is 0 Å². The van der Waals surface area contributed by atoms with Gasteiger partial charge in [-0.1, -0.05) is 63.5 Å². The zero-order valence-electron chi connectivity index (χ0n) is 38.0. The first kappa shape index (κ1) is 52.0. The summed E-state index contributed by atoms with van der Waals surface area (Å²) in [6.45, 7) is 28.7. The number of aliphatic hydroxyl groups is 1. The second kappa shape index (κ2) is 25.0. The van der Waals surface area contributed by atoms with Crippen LogP contribution in [0.25, 0.3) is 22.1 Å². The minimum Gasteiger partial charge on any atom is -0.460 e. The number of para-hydroxylation sites is 4. The van der Waals surface area contributed by atoms with E-state index in [-0.39, 0.29) is 18.5 Å². The summed E-state index contributed by atoms with van der Waals surface area (Å²) in [5.41, 5.74) is 3.20. The zero-order chi connectivity index (χ0) is 44.3. The summed E-state index contributed by atoms with van der Waals surface area (Å²) < 4.78 is 32.0. The number of hydrogen-bond acceptors (Lipinski definition) is 10. The lowest BCUT2D eigenvalue weighted by atomic mass is 10.2. The Morgan fingerprint density at radius 3 is 1.49 bits per heavy atom. The lowest BCUT2D eigenvalue weighted by molar-refractivity contribution is -0.156. The summed E-state index contributed by atoms with van der Waals surface area (Å²) in [5, 5.41) is 8.41. The molecule has 0 radical (unpaired) electrons. The van der Waals surface area contributed by atoms with Crippen LogP contribution in [0.1, 0.15) is 78.9 Å². The van der Waals surface area contributed by atoms with E-state index in [0.717, 1.165) is 53.0 Å². The first-order valence-electron chi connectivity index (χ1n) is 20.7. The molecule has 1 N–H and O–H groups in total. The second-order valence-electron chi connectivity index (χ2n) is 18.9. The molecular weight excluding hydrogens is 804 g/mol. The van der Waals surface area contributed by atoms with Crippen molar-refractivity contribution in [2.75, 3.05) is 26.4 Å². The molecule has 2 aromatic heterocycles. The highest BCUT2D eigenvalue weighted by molar-refractivity contribution is 6.76. The third-order valence-corrected chi connectivity index (χ3v) is 11.9. The lowest BCUT2D eigenvalue weighted by Gasteiger charge is -2.19. The van der Waals surface area contributed by atoms with E-state index < -0.39 is 27.3 Å². The van der Waals surface area contributed by atoms with Gasteiger partial charge in [-0.2, -0.15) is 0 Å². The number of carbonyl (C=O) groups excluding carboxylic acids is 2. The summed E-state index contributed by atoms with van der Waals surface area (Å²) >= 11 is 5.96. The van der Waals surface area contributed by atoms with Crippen LogP contribution in [-0.4, -0.2) is 89.9 Å². The third kappa shape index (κ3) is 22.3. The molecule has 0 atom stereocenters. The predicted molar refractivity (Wildman–Crippen MR) is 244 cm³/mol. The molecule has 0 saturated heterocycles. The van der Waals surface area contributed by atoms with Crippen LogP contribution in [-0.2, 0) is 59.2 Å². The molecule has 0 spiro atoms. The van der Waals surface area contributed by atoms with Gasteiger partial charge in [-0.15, -0.1) is 11.6 Å². The van der Waals surface area contributed by atoms with Crippen molar-refractivity contribution >= 4 is 61.8 Å². The molecule has 0 saturated carbocycles. The molecule has 15 heteroatoms. The highest BCUT2D eigenvalue weighted by Crippen LogP contribution is 2.20. The molecule has 332 valence electrons. The van der Waals surface area contributed by atoms with Crippen LogP contribution in [0, 0.1) is 0 Å². The smallest absolute Gasteiger partial charge is 0.306 e. The van der Waals surface area contributed by atoms with Crippen molar-refractivity contribution in [1.82, 2.24) is 19.1 Å². The Morgan fingerprint density at radius 2 is 1.07 bits per heavy atom. The van der Waals surface area contributed by atoms with Gasteiger partial charge < -0.3 is 37.9 Å². The Balaban J connectivity index is 0.000000342. The molecule has 0 aliphatic carbocycles. The number of imidazole rings is 2. The molecule has 59 heavy (non-hydrogen) atoms. The predicted octanol–water partition coefficient (Wildman–Crippen LogP) is 10.2. The normalized spacial score (nSPS) is 12.2. The van der Waals surface area contributed by atoms with Crippen molar-refractivity contribution in [2.45, 2.75) is 156 Å². The Hall–Kier alpha value is -3.12. The molecule has 4 aromatic rings. The van der Waals surface area contributed by atoms with Crippen LogP contribution in [0.5, 0.6) is 0 Å². The first-order chi connectivity index (χ1) is 27.5. The fourth-order valence-electron chi connectivity index (χ4n) is 5.31. The molecule has 2 heterocycles. The molecule has 4 rings (SSSR count). The SMILES string of the molecule is CC(C)(C)OC(=O)CCCO.CC(C)(C)OC(=O)CCCOCc1nc2ccccc2n1COCC[Si](C)(C)C.C[Si](C)(C)CCOCn1c(CCl)nc2ccccc21. The summed E-state index contributed by atoms with van der Waals surface area (Å²) in [6, 6.07) is 18.4. The van der Waals surface area contributed by atoms with Gasteiger partial charge in [0.05, 0.1) is 27.9 Å². The summed E-state index contributed by atoms with van der Waals surface area (Å²) in [6.07, 6.45) is 1.76. The fourth-order valence-corrected chi connectivity index (χ4v) is 7.03. The van der Waals surface area contributed by atoms with E-state index in [1.165, 1.54) is 6.04 Å². The number of fused-ring (bicyclic) bond motifs is 2. The molecule has 2 aromatic carbocycles. The van der Waals surface area contributed by atoms with Crippen molar-refractivity contribution in [3.63, 3.8) is 0 Å². The monoisotopic (exact) mass is 876 g/mol. The van der Waals surface area contributed by atoms with E-state index in [4.69, 9.17) is 45.4 Å². The van der Waals surface area contributed by atoms with Crippen molar-refractivity contribution in [3.05, 3.63) is 60.2 Å². The van der Waals surface area contributed by atoms with Crippen molar-refractivity contribution < 1.29 is 38.4 Å². The molecular formula is C44H73ClN4O8Si2. The molecule has 0 aliphatic heterocycles. The number of ether oxygens (including phenoxy) is 5. The fraction of sp³-hybridized carbons (Fsp3) is 0.636. The highest BCUT2D eigenvalue weighted by Gasteiger charge is 2.18. The maximum atomic E-state index is 11.8. The van der Waals surface area contributed by atoms with Crippen LogP contribution < -0.4 is 0 Å². The number of aromatic nitrogens is 4. The van der Waals surface area contributed by atoms with Crippen LogP contribution in [0.15, 0.2) is 48.5 Å². The number of benzene rings is 2. The number of halogens is 1. The average Bonchev–Trinajstić information content (AvgIpc) is 3.66. The van der Waals surface area contributed by atoms with Crippen LogP contribution in [0.3, 0.4) is 0 Å². The first-order valence-corrected chi connectivity index (χ1v) is 28.7. The Morgan fingerprint density at radius 1 is 0.644 bits per heavy atom. The maximum Gasteiger partial charge on any atom is 0.306 e. The Bertz CT molecular complexity index is 1840. The average molecular weight is 878 g/mol. The second-order valence-corrected chi connectivity index (χ2v) is 30.4. The van der Waals surface area contributed by atoms with Gasteiger partial charge in [-0.05, 0) is 90.7 Å². The minimum atomic E-state index is -1.11. The maximum absolute atomic E-state index is 11.8. The van der Waals surface area contributed by atoms with Gasteiger partial charge in [0.25, 0.3) is 0 Å². The number of hydrogen-bond donors (Lipinski definition) is 1. The molecule has 12 nitrogen and oxygen atoms in total. The van der Waals surface area contributed by atoms with Crippen molar-refractivity contribution in [2.24, 2.45) is 0 Å². The van der Waals surface area contributed by atoms with Gasteiger partial charge in [0.1, 0.15) is 42.9 Å². The standard InChI is InChI=1S/C22H36N2O4Si.C14H21ClN2OSi.C8H16O3/c1-22(2,3)28-21(25)12-9-13-26-16-20-23-18-10-7-8-11-19(18)24(20)17-27-14-15-29(4,5)6;1-19(2,3)9-8-18-11-17-13-7-5-4-6-12(13)16-14(17)10-15;1-8(2,3)11-7(10)5-4-6-9/h7-8,10-11H,9,12-17H2,1-6H3;4-7H,8-11H2,1-3H3;9H,4-6H2,1-3H3. The molecule has 0 bridgehead atoms. The zero-order valence-corrected chi connectivity index (χ0v) is 40.7. The van der Waals surface area contributed by atoms with Crippen molar-refractivity contribution in [3.8, 4) is 0 Å². The van der Waals surface area contributed by atoms with Gasteiger partial charge in [0, 0.05) is 55.4 Å². The van der Waals surface area contributed by atoms with Gasteiger partial charge in [-0.3, -0.25) is 9.59 Å². The largest absolute Gasteiger partial charge is 0.460 e. The number of esters is 2. The Kier molecular flexibility index (Phi) is 22.0. The molecule has 0 unspecified atom stereocenters. The molecule has 0 fully saturated rings. The molecule has 0 aliphatic rings. The molecule has 0 amide bonds. The van der Waals surface area contributed by atoms with E-state index in [1.54, 1.807) is 0 Å². The third-order valence-electron chi connectivity index (χ3n) is 8.30. The van der Waals surface area contributed by atoms with Crippen LogP contribution in [0.4, 0.5) is 0 Å². The topological polar surface area (TPSA) is 136 Å². The highest BCUT2D eigenvalue weighted by atomic mass is 35.5. The van der Waals surface area contributed by atoms with E-state index in [0.29, 0.717) is 58.2 Å². The van der Waals surface area contributed by atoms with E-state index in [1.807, 2.05) is 77.9 Å². The quantitative estimate of drug-likeness (QED) is 0.0395. The van der Waals surface area contributed by atoms with Gasteiger partial charge in [0.2, 0.25) is 0 Å². The summed E-state index contributed by atoms with van der Waals surface area (Å²) in [5.74, 6) is 1.69. The van der Waals surface area contributed by atoms with Crippen LogP contribution in [0.2, 0.25) is 51.4 Å². The summed E-state index contributed by atoms with van der Waals surface area (Å²) in [4.78, 5) is 31.9. The lowest BCUT2D eigenvalue weighted by Crippen LogP contribution is -2.23. The Labute approximate surface area is 360 Å². The number of nitrogens with zero attached hydrogens (tertiary/aromatic N) is 4. The number of rotatable bonds is 20. The number of carbonyl (C=O) groups is 2. The minimum absolute atomic E-state index is 0.0409. The van der Waals surface area contributed by atoms with Gasteiger partial charge in [0.15, 0.2) is 0 Å². The summed E-state index contributed by atoms with van der Waals surface area (Å²) in [7, 11) is -2.14. The number of alkyl halides is 1.